The molecule has 1 atom stereocenters. The quantitative estimate of drug-likeness (QED) is 0.729. The van der Waals surface area contributed by atoms with E-state index in [1.165, 1.54) is 11.1 Å². The van der Waals surface area contributed by atoms with E-state index in [2.05, 4.69) is 30.3 Å². The Labute approximate surface area is 113 Å². The number of para-hydroxylation sites is 1. The molecule has 0 fully saturated rings. The van der Waals surface area contributed by atoms with Crippen LogP contribution in [0.2, 0.25) is 0 Å². The predicted molar refractivity (Wildman–Crippen MR) is 76.5 cm³/mol. The van der Waals surface area contributed by atoms with E-state index in [1.807, 2.05) is 31.2 Å². The molecule has 0 unspecified atom stereocenters. The molecule has 18 heavy (non-hydrogen) atoms. The summed E-state index contributed by atoms with van der Waals surface area (Å²) in [6.07, 6.45) is 0.883. The van der Waals surface area contributed by atoms with Gasteiger partial charge in [-0.2, -0.15) is 0 Å². The maximum absolute atomic E-state index is 5.92. The van der Waals surface area contributed by atoms with Crippen LogP contribution in [0.25, 0.3) is 0 Å². The molecule has 0 aliphatic rings. The van der Waals surface area contributed by atoms with Crippen LogP contribution in [-0.2, 0) is 6.42 Å². The average Bonchev–Trinajstić information content (AvgIpc) is 2.39. The van der Waals surface area contributed by atoms with Crippen molar-refractivity contribution in [2.45, 2.75) is 18.7 Å². The Bertz CT molecular complexity index is 479. The van der Waals surface area contributed by atoms with Crippen LogP contribution in [0.1, 0.15) is 18.1 Å². The predicted octanol–water partition coefficient (Wildman–Crippen LogP) is 4.28. The summed E-state index contributed by atoms with van der Waals surface area (Å²) in [4.78, 5) is 0. The Morgan fingerprint density at radius 3 is 2.39 bits per heavy atom. The molecule has 0 N–H and O–H groups in total. The second-order valence-electron chi connectivity index (χ2n) is 4.36. The molecule has 0 spiro atoms. The third-order valence-electron chi connectivity index (χ3n) is 2.68. The van der Waals surface area contributed by atoms with Gasteiger partial charge in [0.05, 0.1) is 5.38 Å². The van der Waals surface area contributed by atoms with E-state index in [0.717, 1.165) is 12.2 Å². The zero-order valence-corrected chi connectivity index (χ0v) is 11.2. The minimum atomic E-state index is 0.0229. The minimum Gasteiger partial charge on any atom is -0.492 e. The van der Waals surface area contributed by atoms with E-state index in [1.54, 1.807) is 0 Å². The lowest BCUT2D eigenvalue weighted by Gasteiger charge is -2.12. The van der Waals surface area contributed by atoms with E-state index in [0.29, 0.717) is 6.61 Å². The molecule has 0 saturated carbocycles. The SMILES string of the molecule is C[C@H](Cl)COc1ccccc1Cc1ccccc1. The first-order valence-electron chi connectivity index (χ1n) is 6.14. The summed E-state index contributed by atoms with van der Waals surface area (Å²) >= 11 is 5.92. The number of alkyl halides is 1. The van der Waals surface area contributed by atoms with Crippen LogP contribution in [0.5, 0.6) is 5.75 Å². The Balaban J connectivity index is 2.12. The van der Waals surface area contributed by atoms with Gasteiger partial charge in [-0.05, 0) is 24.1 Å². The fraction of sp³-hybridized carbons (Fsp3) is 0.250. The van der Waals surface area contributed by atoms with Crippen molar-refractivity contribution >= 4 is 11.6 Å². The monoisotopic (exact) mass is 260 g/mol. The third-order valence-corrected chi connectivity index (χ3v) is 2.80. The minimum absolute atomic E-state index is 0.0229. The molecule has 0 bridgehead atoms. The fourth-order valence-corrected chi connectivity index (χ4v) is 1.87. The number of benzene rings is 2. The highest BCUT2D eigenvalue weighted by Crippen LogP contribution is 2.21. The molecule has 0 aliphatic heterocycles. The van der Waals surface area contributed by atoms with Gasteiger partial charge in [0, 0.05) is 6.42 Å². The molecule has 0 aliphatic carbocycles. The zero-order chi connectivity index (χ0) is 12.8. The zero-order valence-electron chi connectivity index (χ0n) is 10.5. The van der Waals surface area contributed by atoms with E-state index in [9.17, 15) is 0 Å². The summed E-state index contributed by atoms with van der Waals surface area (Å²) in [6.45, 7) is 2.47. The maximum Gasteiger partial charge on any atom is 0.122 e. The lowest BCUT2D eigenvalue weighted by molar-refractivity contribution is 0.317. The summed E-state index contributed by atoms with van der Waals surface area (Å²) in [7, 11) is 0. The van der Waals surface area contributed by atoms with Crippen LogP contribution >= 0.6 is 11.6 Å². The van der Waals surface area contributed by atoms with E-state index >= 15 is 0 Å². The van der Waals surface area contributed by atoms with Gasteiger partial charge in [-0.3, -0.25) is 0 Å². The summed E-state index contributed by atoms with van der Waals surface area (Å²) in [5, 5.41) is 0.0229. The number of halogens is 1. The molecule has 2 aromatic rings. The summed E-state index contributed by atoms with van der Waals surface area (Å²) in [5.74, 6) is 0.925. The molecule has 94 valence electrons. The average molecular weight is 261 g/mol. The Hall–Kier alpha value is -1.47. The topological polar surface area (TPSA) is 9.23 Å². The third kappa shape index (κ3) is 3.78. The highest BCUT2D eigenvalue weighted by molar-refractivity contribution is 6.20. The van der Waals surface area contributed by atoms with Gasteiger partial charge >= 0.3 is 0 Å². The van der Waals surface area contributed by atoms with Crippen molar-refractivity contribution in [2.24, 2.45) is 0 Å². The fourth-order valence-electron chi connectivity index (χ4n) is 1.81. The molecule has 2 rings (SSSR count). The molecular formula is C16H17ClO. The summed E-state index contributed by atoms with van der Waals surface area (Å²) < 4.78 is 5.74. The Morgan fingerprint density at radius 1 is 1.00 bits per heavy atom. The largest absolute Gasteiger partial charge is 0.492 e. The Kier molecular flexibility index (Phi) is 4.66. The van der Waals surface area contributed by atoms with Crippen LogP contribution in [0, 0.1) is 0 Å². The van der Waals surface area contributed by atoms with E-state index in [4.69, 9.17) is 16.3 Å². The van der Waals surface area contributed by atoms with Crippen LogP contribution in [0.3, 0.4) is 0 Å². The molecule has 0 heterocycles. The van der Waals surface area contributed by atoms with Gasteiger partial charge in [-0.15, -0.1) is 11.6 Å². The second kappa shape index (κ2) is 6.46. The summed E-state index contributed by atoms with van der Waals surface area (Å²) in [6, 6.07) is 18.5. The standard InChI is InChI=1S/C16H17ClO/c1-13(17)12-18-16-10-6-5-9-15(16)11-14-7-3-2-4-8-14/h2-10,13H,11-12H2,1H3/t13-/m0/s1. The number of hydrogen-bond acceptors (Lipinski definition) is 1. The highest BCUT2D eigenvalue weighted by Gasteiger charge is 2.05. The normalized spacial score (nSPS) is 12.1. The maximum atomic E-state index is 5.92. The Morgan fingerprint density at radius 2 is 1.67 bits per heavy atom. The van der Waals surface area contributed by atoms with Crippen LogP contribution in [-0.4, -0.2) is 12.0 Å². The van der Waals surface area contributed by atoms with Gasteiger partial charge in [0.1, 0.15) is 12.4 Å². The smallest absolute Gasteiger partial charge is 0.122 e. The van der Waals surface area contributed by atoms with Gasteiger partial charge in [0.15, 0.2) is 0 Å². The molecule has 0 radical (unpaired) electrons. The van der Waals surface area contributed by atoms with Crippen molar-refractivity contribution in [3.63, 3.8) is 0 Å². The molecule has 0 saturated heterocycles. The van der Waals surface area contributed by atoms with Gasteiger partial charge < -0.3 is 4.74 Å². The molecular weight excluding hydrogens is 244 g/mol. The molecule has 1 nitrogen and oxygen atoms in total. The van der Waals surface area contributed by atoms with Crippen LogP contribution in [0.15, 0.2) is 54.6 Å². The van der Waals surface area contributed by atoms with Crippen LogP contribution in [0.4, 0.5) is 0 Å². The lowest BCUT2D eigenvalue weighted by atomic mass is 10.0. The number of rotatable bonds is 5. The number of ether oxygens (including phenoxy) is 1. The van der Waals surface area contributed by atoms with Crippen molar-refractivity contribution in [1.29, 1.82) is 0 Å². The lowest BCUT2D eigenvalue weighted by Crippen LogP contribution is -2.08. The van der Waals surface area contributed by atoms with E-state index in [-0.39, 0.29) is 5.38 Å². The first kappa shape index (κ1) is 13.0. The van der Waals surface area contributed by atoms with Crippen molar-refractivity contribution in [2.75, 3.05) is 6.61 Å². The van der Waals surface area contributed by atoms with Crippen molar-refractivity contribution < 1.29 is 4.74 Å². The van der Waals surface area contributed by atoms with Crippen LogP contribution < -0.4 is 4.74 Å². The van der Waals surface area contributed by atoms with Crippen molar-refractivity contribution in [3.8, 4) is 5.75 Å². The number of hydrogen-bond donors (Lipinski definition) is 0. The summed E-state index contributed by atoms with van der Waals surface area (Å²) in [5.41, 5.74) is 2.48. The second-order valence-corrected chi connectivity index (χ2v) is 5.11. The van der Waals surface area contributed by atoms with E-state index < -0.39 is 0 Å². The van der Waals surface area contributed by atoms with Gasteiger partial charge in [-0.25, -0.2) is 0 Å². The van der Waals surface area contributed by atoms with Crippen molar-refractivity contribution in [1.82, 2.24) is 0 Å². The molecule has 0 amide bonds. The molecule has 0 aromatic heterocycles. The van der Waals surface area contributed by atoms with Crippen molar-refractivity contribution in [3.05, 3.63) is 65.7 Å². The first-order valence-corrected chi connectivity index (χ1v) is 6.58. The molecule has 2 heteroatoms. The van der Waals surface area contributed by atoms with Gasteiger partial charge in [0.2, 0.25) is 0 Å². The first-order chi connectivity index (χ1) is 8.75. The van der Waals surface area contributed by atoms with Gasteiger partial charge in [-0.1, -0.05) is 48.5 Å². The van der Waals surface area contributed by atoms with Gasteiger partial charge in [0.25, 0.3) is 0 Å². The highest BCUT2D eigenvalue weighted by atomic mass is 35.5. The molecule has 2 aromatic carbocycles.